The van der Waals surface area contributed by atoms with Crippen LogP contribution < -0.4 is 4.90 Å². The predicted molar refractivity (Wildman–Crippen MR) is 83.7 cm³/mol. The molecule has 106 valence electrons. The standard InChI is InChI=1S/C14H18Cl3NO/c1-3-10-5-6-11(7-15)12(4-2)14(10)18(9-17)13(19)8-16/h5-6H,3-4,7-9H2,1-2H3. The minimum absolute atomic E-state index is 0.0792. The molecule has 0 spiro atoms. The predicted octanol–water partition coefficient (Wildman–Crippen LogP) is 4.32. The third-order valence-corrected chi connectivity index (χ3v) is 3.90. The SMILES string of the molecule is CCc1ccc(CCl)c(CC)c1N(CCl)C(=O)CCl. The van der Waals surface area contributed by atoms with Crippen LogP contribution in [0.2, 0.25) is 0 Å². The highest BCUT2D eigenvalue weighted by molar-refractivity contribution is 6.31. The maximum Gasteiger partial charge on any atom is 0.242 e. The van der Waals surface area contributed by atoms with Crippen molar-refractivity contribution in [3.8, 4) is 0 Å². The first kappa shape index (κ1) is 16.6. The van der Waals surface area contributed by atoms with Crippen LogP contribution in [0.15, 0.2) is 12.1 Å². The molecule has 0 aromatic heterocycles. The van der Waals surface area contributed by atoms with Crippen LogP contribution in [0.5, 0.6) is 0 Å². The zero-order chi connectivity index (χ0) is 14.4. The Balaban J connectivity index is 3.47. The molecule has 5 heteroatoms. The monoisotopic (exact) mass is 321 g/mol. The number of anilines is 1. The molecule has 0 saturated heterocycles. The highest BCUT2D eigenvalue weighted by atomic mass is 35.5. The Kier molecular flexibility index (Phi) is 6.98. The molecule has 2 nitrogen and oxygen atoms in total. The van der Waals surface area contributed by atoms with Crippen LogP contribution in [0.4, 0.5) is 5.69 Å². The second-order valence-electron chi connectivity index (χ2n) is 4.13. The average Bonchev–Trinajstić information content (AvgIpc) is 2.46. The van der Waals surface area contributed by atoms with Gasteiger partial charge in [-0.2, -0.15) is 0 Å². The van der Waals surface area contributed by atoms with Crippen LogP contribution in [0.1, 0.15) is 30.5 Å². The van der Waals surface area contributed by atoms with Crippen LogP contribution in [-0.2, 0) is 23.5 Å². The van der Waals surface area contributed by atoms with Gasteiger partial charge < -0.3 is 0 Å². The lowest BCUT2D eigenvalue weighted by Gasteiger charge is -2.26. The molecule has 0 bridgehead atoms. The maximum absolute atomic E-state index is 12.0. The van der Waals surface area contributed by atoms with Crippen LogP contribution >= 0.6 is 34.8 Å². The fourth-order valence-corrected chi connectivity index (χ4v) is 2.84. The van der Waals surface area contributed by atoms with Crippen molar-refractivity contribution < 1.29 is 4.79 Å². The first-order valence-electron chi connectivity index (χ1n) is 6.26. The summed E-state index contributed by atoms with van der Waals surface area (Å²) >= 11 is 17.6. The van der Waals surface area contributed by atoms with Crippen molar-refractivity contribution in [3.63, 3.8) is 0 Å². The average molecular weight is 323 g/mol. The quantitative estimate of drug-likeness (QED) is 0.564. The van der Waals surface area contributed by atoms with E-state index in [0.717, 1.165) is 35.2 Å². The third kappa shape index (κ3) is 3.56. The van der Waals surface area contributed by atoms with Crippen molar-refractivity contribution in [2.45, 2.75) is 32.6 Å². The second kappa shape index (κ2) is 7.98. The smallest absolute Gasteiger partial charge is 0.242 e. The highest BCUT2D eigenvalue weighted by Crippen LogP contribution is 2.31. The zero-order valence-electron chi connectivity index (χ0n) is 11.2. The van der Waals surface area contributed by atoms with Crippen molar-refractivity contribution in [2.75, 3.05) is 16.8 Å². The Bertz CT molecular complexity index is 449. The van der Waals surface area contributed by atoms with E-state index < -0.39 is 0 Å². The van der Waals surface area contributed by atoms with Gasteiger partial charge in [-0.25, -0.2) is 0 Å². The van der Waals surface area contributed by atoms with Crippen molar-refractivity contribution >= 4 is 46.4 Å². The molecule has 1 amide bonds. The fraction of sp³-hybridized carbons (Fsp3) is 0.500. The van der Waals surface area contributed by atoms with Gasteiger partial charge in [0.05, 0.1) is 5.69 Å². The van der Waals surface area contributed by atoms with Crippen molar-refractivity contribution in [2.24, 2.45) is 0 Å². The van der Waals surface area contributed by atoms with Gasteiger partial charge in [0.2, 0.25) is 5.91 Å². The fourth-order valence-electron chi connectivity index (χ4n) is 2.19. The molecule has 0 heterocycles. The van der Waals surface area contributed by atoms with E-state index in [2.05, 4.69) is 6.92 Å². The lowest BCUT2D eigenvalue weighted by Crippen LogP contribution is -2.32. The number of carbonyl (C=O) groups is 1. The number of benzene rings is 1. The molecule has 0 aliphatic carbocycles. The molecule has 0 saturated carbocycles. The molecule has 0 N–H and O–H groups in total. The molecule has 1 aromatic rings. The molecule has 0 atom stereocenters. The van der Waals surface area contributed by atoms with E-state index in [-0.39, 0.29) is 17.8 Å². The van der Waals surface area contributed by atoms with E-state index >= 15 is 0 Å². The molecule has 1 rings (SSSR count). The summed E-state index contributed by atoms with van der Waals surface area (Å²) in [6, 6.07) is 4.12. The van der Waals surface area contributed by atoms with Gasteiger partial charge in [-0.3, -0.25) is 9.69 Å². The van der Waals surface area contributed by atoms with Crippen molar-refractivity contribution in [1.29, 1.82) is 0 Å². The molecular weight excluding hydrogens is 305 g/mol. The minimum Gasteiger partial charge on any atom is -0.297 e. The number of carbonyl (C=O) groups excluding carboxylic acids is 1. The van der Waals surface area contributed by atoms with Crippen molar-refractivity contribution in [3.05, 3.63) is 28.8 Å². The number of amides is 1. The second-order valence-corrected chi connectivity index (χ2v) is 4.90. The van der Waals surface area contributed by atoms with Gasteiger partial charge in [-0.15, -0.1) is 34.8 Å². The first-order chi connectivity index (χ1) is 9.14. The van der Waals surface area contributed by atoms with Crippen molar-refractivity contribution in [1.82, 2.24) is 0 Å². The maximum atomic E-state index is 12.0. The summed E-state index contributed by atoms with van der Waals surface area (Å²) in [6.45, 7) is 4.10. The largest absolute Gasteiger partial charge is 0.297 e. The molecule has 0 aliphatic heterocycles. The Morgan fingerprint density at radius 3 is 2.16 bits per heavy atom. The van der Waals surface area contributed by atoms with Gasteiger partial charge >= 0.3 is 0 Å². The zero-order valence-corrected chi connectivity index (χ0v) is 13.4. The lowest BCUT2D eigenvalue weighted by atomic mass is 9.97. The van der Waals surface area contributed by atoms with Gasteiger partial charge in [-0.1, -0.05) is 26.0 Å². The number of hydrogen-bond acceptors (Lipinski definition) is 1. The number of hydrogen-bond donors (Lipinski definition) is 0. The molecule has 0 unspecified atom stereocenters. The van der Waals surface area contributed by atoms with E-state index in [0.29, 0.717) is 5.88 Å². The van der Waals surface area contributed by atoms with E-state index in [1.54, 1.807) is 4.90 Å². The number of aryl methyl sites for hydroxylation is 1. The Hall–Kier alpha value is -0.440. The van der Waals surface area contributed by atoms with E-state index in [9.17, 15) is 4.79 Å². The van der Waals surface area contributed by atoms with E-state index in [4.69, 9.17) is 34.8 Å². The number of alkyl halides is 3. The number of nitrogens with zero attached hydrogens (tertiary/aromatic N) is 1. The van der Waals surface area contributed by atoms with Gasteiger partial charge in [-0.05, 0) is 29.5 Å². The molecular formula is C14H18Cl3NO. The van der Waals surface area contributed by atoms with Crippen LogP contribution in [0, 0.1) is 0 Å². The van der Waals surface area contributed by atoms with Gasteiger partial charge in [0, 0.05) is 5.88 Å². The van der Waals surface area contributed by atoms with Gasteiger partial charge in [0.15, 0.2) is 0 Å². The van der Waals surface area contributed by atoms with Gasteiger partial charge in [0.1, 0.15) is 11.9 Å². The van der Waals surface area contributed by atoms with Crippen LogP contribution in [0.3, 0.4) is 0 Å². The summed E-state index contributed by atoms with van der Waals surface area (Å²) in [5.74, 6) is 0.156. The molecule has 1 aromatic carbocycles. The first-order valence-corrected chi connectivity index (χ1v) is 7.86. The number of halogens is 3. The van der Waals surface area contributed by atoms with Gasteiger partial charge in [0.25, 0.3) is 0 Å². The summed E-state index contributed by atoms with van der Waals surface area (Å²) in [6.07, 6.45) is 1.63. The molecule has 0 fully saturated rings. The minimum atomic E-state index is -0.187. The summed E-state index contributed by atoms with van der Waals surface area (Å²) < 4.78 is 0. The summed E-state index contributed by atoms with van der Waals surface area (Å²) in [7, 11) is 0. The van der Waals surface area contributed by atoms with E-state index in [1.807, 2.05) is 19.1 Å². The summed E-state index contributed by atoms with van der Waals surface area (Å²) in [5.41, 5.74) is 4.08. The van der Waals surface area contributed by atoms with E-state index in [1.165, 1.54) is 0 Å². The van der Waals surface area contributed by atoms with Crippen LogP contribution in [0.25, 0.3) is 0 Å². The topological polar surface area (TPSA) is 20.3 Å². The Morgan fingerprint density at radius 1 is 1.11 bits per heavy atom. The molecule has 0 aliphatic rings. The molecule has 19 heavy (non-hydrogen) atoms. The molecule has 0 radical (unpaired) electrons. The Labute approximate surface area is 129 Å². The summed E-state index contributed by atoms with van der Waals surface area (Å²) in [5, 5.41) is 0. The normalized spacial score (nSPS) is 10.6. The number of rotatable bonds is 6. The summed E-state index contributed by atoms with van der Waals surface area (Å²) in [4.78, 5) is 13.5. The Morgan fingerprint density at radius 2 is 1.74 bits per heavy atom. The highest BCUT2D eigenvalue weighted by Gasteiger charge is 2.21. The third-order valence-electron chi connectivity index (χ3n) is 3.15. The van der Waals surface area contributed by atoms with Crippen LogP contribution in [-0.4, -0.2) is 17.8 Å². The lowest BCUT2D eigenvalue weighted by molar-refractivity contribution is -0.116.